The van der Waals surface area contributed by atoms with Crippen LogP contribution in [0.2, 0.25) is 13.1 Å². The Morgan fingerprint density at radius 1 is 0.667 bits per heavy atom. The van der Waals surface area contributed by atoms with Crippen LogP contribution in [0.3, 0.4) is 0 Å². The predicted octanol–water partition coefficient (Wildman–Crippen LogP) is 10.2. The Bertz CT molecular complexity index is 2060. The topological polar surface area (TPSA) is 119 Å². The van der Waals surface area contributed by atoms with Gasteiger partial charge in [0.2, 0.25) is 0 Å². The van der Waals surface area contributed by atoms with Crippen molar-refractivity contribution in [1.29, 1.82) is 0 Å². The van der Waals surface area contributed by atoms with Gasteiger partial charge in [-0.25, -0.2) is 0 Å². The number of benzene rings is 4. The van der Waals surface area contributed by atoms with E-state index in [1.165, 1.54) is 7.11 Å². The van der Waals surface area contributed by atoms with Gasteiger partial charge in [0.1, 0.15) is 45.4 Å². The molecule has 0 amide bonds. The molecule has 3 fully saturated rings. The molecular formula is C56H76O12Si. The normalized spacial score (nSPS) is 27.2. The molecule has 10 atom stereocenters. The number of carbonyl (C=O) groups excluding carboxylic acids is 1. The lowest BCUT2D eigenvalue weighted by molar-refractivity contribution is -0.396. The molecule has 4 aromatic carbocycles. The van der Waals surface area contributed by atoms with Crippen LogP contribution in [0.25, 0.3) is 0 Å². The fraction of sp³-hybridized carbons (Fsp3) is 0.554. The predicted molar refractivity (Wildman–Crippen MR) is 266 cm³/mol. The molecule has 0 radical (unpaired) electrons. The van der Waals surface area contributed by atoms with E-state index in [0.717, 1.165) is 60.8 Å². The molecule has 3 aliphatic heterocycles. The molecule has 3 saturated heterocycles. The summed E-state index contributed by atoms with van der Waals surface area (Å²) >= 11 is 0. The highest BCUT2D eigenvalue weighted by atomic mass is 28.3. The van der Waals surface area contributed by atoms with Gasteiger partial charge in [-0.15, -0.1) is 0 Å². The standard InChI is InChI=1S/C56H76O12Si/c1-55(2,3)64-40-48-50(60-36-41-25-15-11-16-26-41)51(61-37-42-27-17-12-18-28-42)52(62-38-43-29-19-13-20-30-43)56(68-48,69(5)6)67-46-35-45-47(39-63-53(65-45)44-31-21-14-22-32-44)66-54(46)59-34-24-10-8-7-9-23-33-49(57)58-4/h11-22,25-32,45-48,50-54,69H,7-10,23-24,33-40H2,1-6H3/t45-,46+,47+,48+,50+,51-,52+,53?,54-,56-/m0/s1. The fourth-order valence-corrected chi connectivity index (χ4v) is 11.0. The van der Waals surface area contributed by atoms with Gasteiger partial charge in [-0.2, -0.15) is 0 Å². The molecule has 3 heterocycles. The number of unbranched alkanes of at least 4 members (excludes halogenated alkanes) is 5. The summed E-state index contributed by atoms with van der Waals surface area (Å²) in [7, 11) is -0.710. The largest absolute Gasteiger partial charge is 0.469 e. The summed E-state index contributed by atoms with van der Waals surface area (Å²) in [6, 6.07) is 40.5. The molecule has 0 spiro atoms. The van der Waals surface area contributed by atoms with E-state index in [9.17, 15) is 4.79 Å². The molecule has 12 nitrogen and oxygen atoms in total. The van der Waals surface area contributed by atoms with Crippen molar-refractivity contribution in [2.45, 2.75) is 171 Å². The highest BCUT2D eigenvalue weighted by molar-refractivity contribution is 6.59. The zero-order valence-corrected chi connectivity index (χ0v) is 42.8. The zero-order chi connectivity index (χ0) is 48.5. The first kappa shape index (κ1) is 53.0. The summed E-state index contributed by atoms with van der Waals surface area (Å²) in [6.07, 6.45) is 1.29. The molecule has 0 aliphatic carbocycles. The summed E-state index contributed by atoms with van der Waals surface area (Å²) in [5.41, 5.74) is 2.22. The monoisotopic (exact) mass is 969 g/mol. The van der Waals surface area contributed by atoms with Crippen LogP contribution < -0.4 is 0 Å². The van der Waals surface area contributed by atoms with Crippen molar-refractivity contribution in [3.63, 3.8) is 0 Å². The van der Waals surface area contributed by atoms with Crippen molar-refractivity contribution >= 4 is 14.8 Å². The molecule has 4 aromatic rings. The maximum absolute atomic E-state index is 11.6. The Morgan fingerprint density at radius 2 is 1.22 bits per heavy atom. The van der Waals surface area contributed by atoms with E-state index < -0.39 is 62.9 Å². The lowest BCUT2D eigenvalue weighted by Gasteiger charge is -2.56. The number of ether oxygens (including phenoxy) is 11. The minimum Gasteiger partial charge on any atom is -0.469 e. The SMILES string of the molecule is COC(=O)CCCCCCCCO[C@H]1O[C@@H]2COC(c3ccccc3)O[C@H]2C[C@H]1O[C@]1([SiH](C)C)O[C@H](COC(C)(C)C)[C@@H](OCc2ccccc2)[C@H](OCc2ccccc2)[C@H]1OCc1ccccc1. The highest BCUT2D eigenvalue weighted by Gasteiger charge is 2.61. The van der Waals surface area contributed by atoms with E-state index >= 15 is 0 Å². The number of hydrogen-bond donors (Lipinski definition) is 0. The Balaban J connectivity index is 1.22. The van der Waals surface area contributed by atoms with Crippen molar-refractivity contribution in [2.75, 3.05) is 26.9 Å². The molecule has 0 saturated carbocycles. The van der Waals surface area contributed by atoms with Gasteiger partial charge in [-0.1, -0.05) is 160 Å². The summed E-state index contributed by atoms with van der Waals surface area (Å²) in [5, 5.41) is 0. The molecule has 69 heavy (non-hydrogen) atoms. The maximum atomic E-state index is 11.6. The quantitative estimate of drug-likeness (QED) is 0.0357. The molecular weight excluding hydrogens is 893 g/mol. The fourth-order valence-electron chi connectivity index (χ4n) is 9.19. The summed E-state index contributed by atoms with van der Waals surface area (Å²) in [4.78, 5) is 11.6. The van der Waals surface area contributed by atoms with Crippen LogP contribution in [0.4, 0.5) is 0 Å². The van der Waals surface area contributed by atoms with Crippen LogP contribution in [-0.2, 0) is 76.7 Å². The van der Waals surface area contributed by atoms with E-state index in [2.05, 4.69) is 49.5 Å². The van der Waals surface area contributed by atoms with Crippen LogP contribution >= 0.6 is 0 Å². The first-order valence-electron chi connectivity index (χ1n) is 25.1. The third-order valence-corrected chi connectivity index (χ3v) is 15.2. The molecule has 1 unspecified atom stereocenters. The molecule has 0 bridgehead atoms. The first-order valence-corrected chi connectivity index (χ1v) is 28.0. The van der Waals surface area contributed by atoms with Crippen molar-refractivity contribution in [2.24, 2.45) is 0 Å². The Kier molecular flexibility index (Phi) is 20.4. The first-order chi connectivity index (χ1) is 33.5. The Labute approximate surface area is 412 Å². The second-order valence-corrected chi connectivity index (χ2v) is 22.8. The zero-order valence-electron chi connectivity index (χ0n) is 41.6. The molecule has 7 rings (SSSR count). The van der Waals surface area contributed by atoms with Crippen LogP contribution in [0.1, 0.15) is 101 Å². The Morgan fingerprint density at radius 3 is 1.80 bits per heavy atom. The van der Waals surface area contributed by atoms with Crippen molar-refractivity contribution < 1.29 is 56.9 Å². The number of hydrogen-bond acceptors (Lipinski definition) is 12. The second kappa shape index (κ2) is 26.6. The van der Waals surface area contributed by atoms with Gasteiger partial charge in [0, 0.05) is 25.0 Å². The van der Waals surface area contributed by atoms with Gasteiger partial charge in [-0.05, 0) is 50.3 Å². The number of methoxy groups -OCH3 is 1. The van der Waals surface area contributed by atoms with Crippen LogP contribution in [0, 0.1) is 0 Å². The molecule has 376 valence electrons. The van der Waals surface area contributed by atoms with Gasteiger partial charge in [0.15, 0.2) is 18.0 Å². The van der Waals surface area contributed by atoms with E-state index in [0.29, 0.717) is 39.3 Å². The second-order valence-electron chi connectivity index (χ2n) is 19.7. The van der Waals surface area contributed by atoms with E-state index in [-0.39, 0.29) is 31.4 Å². The van der Waals surface area contributed by atoms with Crippen molar-refractivity contribution in [3.8, 4) is 0 Å². The number of esters is 1. The molecule has 13 heteroatoms. The maximum Gasteiger partial charge on any atom is 0.305 e. The van der Waals surface area contributed by atoms with Gasteiger partial charge in [-0.3, -0.25) is 4.79 Å². The Hall–Kier alpha value is -3.83. The van der Waals surface area contributed by atoms with E-state index in [1.54, 1.807) is 0 Å². The van der Waals surface area contributed by atoms with Crippen LogP contribution in [0.5, 0.6) is 0 Å². The van der Waals surface area contributed by atoms with Crippen LogP contribution in [0.15, 0.2) is 121 Å². The minimum atomic E-state index is -2.15. The van der Waals surface area contributed by atoms with Crippen molar-refractivity contribution in [1.82, 2.24) is 0 Å². The molecule has 3 aliphatic rings. The number of carbonyl (C=O) groups is 1. The third-order valence-electron chi connectivity index (χ3n) is 12.9. The number of fused-ring (bicyclic) bond motifs is 1. The van der Waals surface area contributed by atoms with Gasteiger partial charge in [0.05, 0.1) is 51.8 Å². The lowest BCUT2D eigenvalue weighted by Crippen LogP contribution is -2.73. The van der Waals surface area contributed by atoms with Gasteiger partial charge >= 0.3 is 5.97 Å². The van der Waals surface area contributed by atoms with Crippen LogP contribution in [-0.4, -0.2) is 102 Å². The lowest BCUT2D eigenvalue weighted by atomic mass is 9.96. The van der Waals surface area contributed by atoms with E-state index in [4.69, 9.17) is 52.1 Å². The average Bonchev–Trinajstić information content (AvgIpc) is 3.36. The van der Waals surface area contributed by atoms with Crippen molar-refractivity contribution in [3.05, 3.63) is 144 Å². The average molecular weight is 969 g/mol. The summed E-state index contributed by atoms with van der Waals surface area (Å²) < 4.78 is 74.8. The molecule has 0 N–H and O–H groups in total. The van der Waals surface area contributed by atoms with Gasteiger partial charge < -0.3 is 52.1 Å². The summed E-state index contributed by atoms with van der Waals surface area (Å²) in [6.45, 7) is 12.6. The van der Waals surface area contributed by atoms with Gasteiger partial charge in [0.25, 0.3) is 0 Å². The highest BCUT2D eigenvalue weighted by Crippen LogP contribution is 2.44. The third kappa shape index (κ3) is 15.6. The summed E-state index contributed by atoms with van der Waals surface area (Å²) in [5.74, 6) is -0.158. The minimum absolute atomic E-state index is 0.158. The van der Waals surface area contributed by atoms with E-state index in [1.807, 2.05) is 106 Å². The smallest absolute Gasteiger partial charge is 0.305 e. The molecule has 0 aromatic heterocycles. The number of rotatable bonds is 25.